The molecule has 0 spiro atoms. The van der Waals surface area contributed by atoms with Gasteiger partial charge in [0.15, 0.2) is 0 Å². The summed E-state index contributed by atoms with van der Waals surface area (Å²) < 4.78 is 5.14. The van der Waals surface area contributed by atoms with Gasteiger partial charge in [-0.2, -0.15) is 0 Å². The highest BCUT2D eigenvalue weighted by atomic mass is 16.5. The summed E-state index contributed by atoms with van der Waals surface area (Å²) in [5.41, 5.74) is 2.26. The Labute approximate surface area is 95.4 Å². The van der Waals surface area contributed by atoms with Crippen LogP contribution in [0.4, 0.5) is 0 Å². The molecule has 0 aliphatic rings. The summed E-state index contributed by atoms with van der Waals surface area (Å²) in [7, 11) is 0. The third-order valence-electron chi connectivity index (χ3n) is 2.41. The van der Waals surface area contributed by atoms with Gasteiger partial charge in [-0.1, -0.05) is 6.07 Å². The Bertz CT molecular complexity index is 383. The Morgan fingerprint density at radius 1 is 1.31 bits per heavy atom. The van der Waals surface area contributed by atoms with E-state index in [2.05, 4.69) is 0 Å². The summed E-state index contributed by atoms with van der Waals surface area (Å²) in [6.07, 6.45) is 2.05. The third kappa shape index (κ3) is 3.85. The van der Waals surface area contributed by atoms with Crippen LogP contribution in [-0.2, 0) is 9.59 Å². The van der Waals surface area contributed by atoms with E-state index in [1.54, 1.807) is 6.07 Å². The van der Waals surface area contributed by atoms with Crippen molar-refractivity contribution in [2.75, 3.05) is 0 Å². The van der Waals surface area contributed by atoms with Gasteiger partial charge in [0.05, 0.1) is 0 Å². The van der Waals surface area contributed by atoms with Gasteiger partial charge in [-0.25, -0.2) is 0 Å². The molecule has 3 nitrogen and oxygen atoms in total. The molecule has 0 N–H and O–H groups in total. The number of carbonyl (C=O) groups is 2. The van der Waals surface area contributed by atoms with E-state index in [1.807, 2.05) is 26.0 Å². The van der Waals surface area contributed by atoms with E-state index in [4.69, 9.17) is 4.74 Å². The average Bonchev–Trinajstić information content (AvgIpc) is 2.24. The highest BCUT2D eigenvalue weighted by Gasteiger charge is 2.05. The van der Waals surface area contributed by atoms with Gasteiger partial charge in [0.1, 0.15) is 12.0 Å². The van der Waals surface area contributed by atoms with Gasteiger partial charge in [0.2, 0.25) is 0 Å². The van der Waals surface area contributed by atoms with Crippen molar-refractivity contribution in [1.82, 2.24) is 0 Å². The monoisotopic (exact) mass is 220 g/mol. The molecule has 0 unspecified atom stereocenters. The predicted molar refractivity (Wildman–Crippen MR) is 61.5 cm³/mol. The molecule has 1 aromatic carbocycles. The lowest BCUT2D eigenvalue weighted by Crippen LogP contribution is -2.07. The molecule has 0 bridgehead atoms. The molecule has 86 valence electrons. The molecule has 0 aliphatic heterocycles. The number of esters is 1. The molecule has 0 saturated carbocycles. The minimum Gasteiger partial charge on any atom is -0.427 e. The second-order valence-electron chi connectivity index (χ2n) is 3.78. The first-order valence-corrected chi connectivity index (χ1v) is 5.35. The molecule has 0 aliphatic carbocycles. The molecule has 0 radical (unpaired) electrons. The quantitative estimate of drug-likeness (QED) is 0.331. The zero-order chi connectivity index (χ0) is 12.0. The fourth-order valence-corrected chi connectivity index (χ4v) is 1.29. The third-order valence-corrected chi connectivity index (χ3v) is 2.41. The molecule has 3 heteroatoms. The van der Waals surface area contributed by atoms with Gasteiger partial charge in [-0.05, 0) is 43.5 Å². The summed E-state index contributed by atoms with van der Waals surface area (Å²) in [4.78, 5) is 21.4. The van der Waals surface area contributed by atoms with E-state index in [-0.39, 0.29) is 12.4 Å². The van der Waals surface area contributed by atoms with Crippen LogP contribution in [0.2, 0.25) is 0 Å². The summed E-state index contributed by atoms with van der Waals surface area (Å²) in [5, 5.41) is 0. The second-order valence-corrected chi connectivity index (χ2v) is 3.78. The fraction of sp³-hybridized carbons (Fsp3) is 0.385. The van der Waals surface area contributed by atoms with E-state index in [0.29, 0.717) is 18.6 Å². The van der Waals surface area contributed by atoms with Crippen LogP contribution in [0.3, 0.4) is 0 Å². The topological polar surface area (TPSA) is 43.4 Å². The van der Waals surface area contributed by atoms with Crippen molar-refractivity contribution < 1.29 is 14.3 Å². The molecule has 0 heterocycles. The first kappa shape index (κ1) is 12.4. The molecular formula is C13H16O3. The maximum atomic E-state index is 11.3. The Morgan fingerprint density at radius 2 is 2.06 bits per heavy atom. The zero-order valence-electron chi connectivity index (χ0n) is 9.66. The van der Waals surface area contributed by atoms with Gasteiger partial charge < -0.3 is 9.53 Å². The number of ether oxygens (including phenoxy) is 1. The van der Waals surface area contributed by atoms with Crippen molar-refractivity contribution in [1.29, 1.82) is 0 Å². The smallest absolute Gasteiger partial charge is 0.311 e. The van der Waals surface area contributed by atoms with Crippen molar-refractivity contribution in [3.63, 3.8) is 0 Å². The van der Waals surface area contributed by atoms with Crippen LogP contribution in [0.25, 0.3) is 0 Å². The van der Waals surface area contributed by atoms with Crippen molar-refractivity contribution in [3.05, 3.63) is 29.3 Å². The number of unbranched alkanes of at least 4 members (excludes halogenated alkanes) is 1. The Kier molecular flexibility index (Phi) is 4.70. The Balaban J connectivity index is 2.49. The lowest BCUT2D eigenvalue weighted by atomic mass is 10.1. The van der Waals surface area contributed by atoms with Crippen molar-refractivity contribution in [2.24, 2.45) is 0 Å². The van der Waals surface area contributed by atoms with Gasteiger partial charge >= 0.3 is 5.97 Å². The highest BCUT2D eigenvalue weighted by Crippen LogP contribution is 2.17. The molecule has 16 heavy (non-hydrogen) atoms. The molecule has 0 atom stereocenters. The standard InChI is InChI=1S/C13H16O3/c1-10-6-7-12(9-11(10)2)16-13(15)5-3-4-8-14/h6-9H,3-5H2,1-2H3. The minimum atomic E-state index is -0.287. The molecule has 0 aromatic heterocycles. The van der Waals surface area contributed by atoms with Crippen LogP contribution < -0.4 is 4.74 Å². The van der Waals surface area contributed by atoms with Gasteiger partial charge in [0, 0.05) is 12.8 Å². The number of rotatable bonds is 5. The lowest BCUT2D eigenvalue weighted by molar-refractivity contribution is -0.134. The minimum absolute atomic E-state index is 0.283. The summed E-state index contributed by atoms with van der Waals surface area (Å²) in [6.45, 7) is 3.98. The molecular weight excluding hydrogens is 204 g/mol. The lowest BCUT2D eigenvalue weighted by Gasteiger charge is -2.06. The number of hydrogen-bond acceptors (Lipinski definition) is 3. The van der Waals surface area contributed by atoms with Gasteiger partial charge in [0.25, 0.3) is 0 Å². The fourth-order valence-electron chi connectivity index (χ4n) is 1.29. The number of aryl methyl sites for hydroxylation is 2. The predicted octanol–water partition coefficient (Wildman–Crippen LogP) is 2.58. The van der Waals surface area contributed by atoms with E-state index in [0.717, 1.165) is 11.8 Å². The summed E-state index contributed by atoms with van der Waals surface area (Å²) in [6, 6.07) is 5.54. The average molecular weight is 220 g/mol. The van der Waals surface area contributed by atoms with Crippen LogP contribution in [0.1, 0.15) is 30.4 Å². The molecule has 0 saturated heterocycles. The maximum absolute atomic E-state index is 11.3. The molecule has 0 fully saturated rings. The van der Waals surface area contributed by atoms with E-state index < -0.39 is 0 Å². The van der Waals surface area contributed by atoms with Crippen molar-refractivity contribution in [3.8, 4) is 5.75 Å². The number of hydrogen-bond donors (Lipinski definition) is 0. The molecule has 0 amide bonds. The first-order valence-electron chi connectivity index (χ1n) is 5.35. The van der Waals surface area contributed by atoms with Crippen LogP contribution in [0.5, 0.6) is 5.75 Å². The summed E-state index contributed by atoms with van der Waals surface area (Å²) in [5.74, 6) is 0.282. The zero-order valence-corrected chi connectivity index (χ0v) is 9.66. The number of carbonyl (C=O) groups excluding carboxylic acids is 2. The molecule has 1 aromatic rings. The summed E-state index contributed by atoms with van der Waals surface area (Å²) >= 11 is 0. The maximum Gasteiger partial charge on any atom is 0.311 e. The van der Waals surface area contributed by atoms with Crippen molar-refractivity contribution in [2.45, 2.75) is 33.1 Å². The number of aldehydes is 1. The Morgan fingerprint density at radius 3 is 2.69 bits per heavy atom. The first-order chi connectivity index (χ1) is 7.63. The Hall–Kier alpha value is -1.64. The highest BCUT2D eigenvalue weighted by molar-refractivity contribution is 5.72. The SMILES string of the molecule is Cc1ccc(OC(=O)CCCC=O)cc1C. The number of benzene rings is 1. The van der Waals surface area contributed by atoms with E-state index in [9.17, 15) is 9.59 Å². The van der Waals surface area contributed by atoms with Gasteiger partial charge in [-0.15, -0.1) is 0 Å². The van der Waals surface area contributed by atoms with Crippen LogP contribution in [0.15, 0.2) is 18.2 Å². The van der Waals surface area contributed by atoms with Gasteiger partial charge in [-0.3, -0.25) is 4.79 Å². The van der Waals surface area contributed by atoms with E-state index >= 15 is 0 Å². The van der Waals surface area contributed by atoms with Crippen LogP contribution in [-0.4, -0.2) is 12.3 Å². The normalized spacial score (nSPS) is 9.88. The molecule has 1 rings (SSSR count). The second kappa shape index (κ2) is 6.05. The van der Waals surface area contributed by atoms with E-state index in [1.165, 1.54) is 5.56 Å². The van der Waals surface area contributed by atoms with Crippen LogP contribution >= 0.6 is 0 Å². The van der Waals surface area contributed by atoms with Crippen molar-refractivity contribution >= 4 is 12.3 Å². The van der Waals surface area contributed by atoms with Crippen LogP contribution in [0, 0.1) is 13.8 Å². The largest absolute Gasteiger partial charge is 0.427 e.